The molecule has 0 atom stereocenters. The molecule has 66 valence electrons. The molecule has 1 aromatic heterocycles. The fourth-order valence-corrected chi connectivity index (χ4v) is 0.938. The third-order valence-corrected chi connectivity index (χ3v) is 1.62. The fourth-order valence-electron chi connectivity index (χ4n) is 0.938. The van der Waals surface area contributed by atoms with Crippen molar-refractivity contribution in [1.29, 1.82) is 0 Å². The number of hydrogen-bond acceptors (Lipinski definition) is 4. The van der Waals surface area contributed by atoms with E-state index in [2.05, 4.69) is 9.68 Å². The number of hydrogen-bond donors (Lipinski definition) is 1. The molecule has 0 unspecified atom stereocenters. The van der Waals surface area contributed by atoms with E-state index in [9.17, 15) is 4.79 Å². The molecule has 0 fully saturated rings. The van der Waals surface area contributed by atoms with Gasteiger partial charge in [-0.1, -0.05) is 5.16 Å². The second-order valence-electron chi connectivity index (χ2n) is 2.66. The maximum Gasteiger partial charge on any atom is 0.185 e. The van der Waals surface area contributed by atoms with Crippen molar-refractivity contribution in [2.24, 2.45) is 5.73 Å². The fraction of sp³-hybridized carbons (Fsp3) is 0.500. The lowest BCUT2D eigenvalue weighted by Gasteiger charge is -1.94. The Kier molecular flexibility index (Phi) is 2.99. The van der Waals surface area contributed by atoms with Gasteiger partial charge in [-0.2, -0.15) is 0 Å². The zero-order valence-electron chi connectivity index (χ0n) is 7.04. The number of nitrogens with two attached hydrogens (primary N) is 1. The predicted molar refractivity (Wildman–Crippen MR) is 43.9 cm³/mol. The Hall–Kier alpha value is -1.16. The van der Waals surface area contributed by atoms with Crippen molar-refractivity contribution in [3.8, 4) is 0 Å². The van der Waals surface area contributed by atoms with Crippen LogP contribution in [0.3, 0.4) is 0 Å². The van der Waals surface area contributed by atoms with Gasteiger partial charge in [-0.05, 0) is 19.9 Å². The van der Waals surface area contributed by atoms with Crippen molar-refractivity contribution in [3.05, 3.63) is 17.5 Å². The maximum absolute atomic E-state index is 11.3. The summed E-state index contributed by atoms with van der Waals surface area (Å²) in [6.07, 6.45) is 2.62. The predicted octanol–water partition coefficient (Wildman–Crippen LogP) is 0.905. The van der Waals surface area contributed by atoms with E-state index in [1.54, 1.807) is 6.92 Å². The Morgan fingerprint density at radius 2 is 2.50 bits per heavy atom. The summed E-state index contributed by atoms with van der Waals surface area (Å²) in [5.74, 6) is 0.00620. The second kappa shape index (κ2) is 4.01. The Balaban J connectivity index is 2.59. The Bertz CT molecular complexity index is 268. The van der Waals surface area contributed by atoms with Gasteiger partial charge in [0, 0.05) is 12.0 Å². The summed E-state index contributed by atoms with van der Waals surface area (Å²) in [5.41, 5.74) is 6.49. The number of aromatic nitrogens is 1. The molecule has 0 radical (unpaired) electrons. The zero-order valence-corrected chi connectivity index (χ0v) is 7.04. The molecule has 1 heterocycles. The molecule has 2 N–H and O–H groups in total. The molecular formula is C8H12N2O2. The summed E-state index contributed by atoms with van der Waals surface area (Å²) in [4.78, 5) is 11.3. The molecule has 1 rings (SSSR count). The van der Waals surface area contributed by atoms with E-state index < -0.39 is 0 Å². The summed E-state index contributed by atoms with van der Waals surface area (Å²) >= 11 is 0. The third kappa shape index (κ3) is 1.92. The zero-order chi connectivity index (χ0) is 8.97. The van der Waals surface area contributed by atoms with E-state index in [-0.39, 0.29) is 5.78 Å². The van der Waals surface area contributed by atoms with Gasteiger partial charge in [0.05, 0.1) is 0 Å². The van der Waals surface area contributed by atoms with E-state index in [0.717, 1.165) is 5.56 Å². The van der Waals surface area contributed by atoms with Crippen molar-refractivity contribution in [3.63, 3.8) is 0 Å². The highest BCUT2D eigenvalue weighted by atomic mass is 16.5. The van der Waals surface area contributed by atoms with Crippen LogP contribution in [0.4, 0.5) is 0 Å². The Morgan fingerprint density at radius 1 is 1.75 bits per heavy atom. The van der Waals surface area contributed by atoms with Gasteiger partial charge in [-0.25, -0.2) is 0 Å². The van der Waals surface area contributed by atoms with E-state index in [0.29, 0.717) is 25.1 Å². The summed E-state index contributed by atoms with van der Waals surface area (Å²) in [6, 6.07) is 0. The minimum atomic E-state index is 0.00620. The largest absolute Gasteiger partial charge is 0.364 e. The molecule has 0 saturated heterocycles. The molecule has 0 aliphatic heterocycles. The molecule has 0 aliphatic carbocycles. The number of carbonyl (C=O) groups is 1. The van der Waals surface area contributed by atoms with Crippen LogP contribution >= 0.6 is 0 Å². The van der Waals surface area contributed by atoms with Crippen LogP contribution in [-0.2, 0) is 0 Å². The molecule has 1 aromatic rings. The van der Waals surface area contributed by atoms with E-state index in [1.165, 1.54) is 6.26 Å². The van der Waals surface area contributed by atoms with Crippen LogP contribution in [0.1, 0.15) is 28.9 Å². The molecule has 0 aromatic carbocycles. The highest BCUT2D eigenvalue weighted by Crippen LogP contribution is 2.08. The summed E-state index contributed by atoms with van der Waals surface area (Å²) < 4.78 is 4.64. The number of carbonyl (C=O) groups excluding carboxylic acids is 1. The standard InChI is InChI=1S/C8H12N2O2/c1-6-5-12-10-8(6)7(11)3-2-4-9/h5H,2-4,9H2,1H3. The van der Waals surface area contributed by atoms with E-state index in [4.69, 9.17) is 5.73 Å². The highest BCUT2D eigenvalue weighted by Gasteiger charge is 2.11. The lowest BCUT2D eigenvalue weighted by atomic mass is 10.1. The summed E-state index contributed by atoms with van der Waals surface area (Å²) in [7, 11) is 0. The molecule has 0 amide bonds. The van der Waals surface area contributed by atoms with Gasteiger partial charge in [0.25, 0.3) is 0 Å². The Labute approximate surface area is 70.7 Å². The van der Waals surface area contributed by atoms with Crippen molar-refractivity contribution < 1.29 is 9.32 Å². The minimum absolute atomic E-state index is 0.00620. The molecular weight excluding hydrogens is 156 g/mol. The topological polar surface area (TPSA) is 69.1 Å². The monoisotopic (exact) mass is 168 g/mol. The average Bonchev–Trinajstić information content (AvgIpc) is 2.47. The third-order valence-electron chi connectivity index (χ3n) is 1.62. The minimum Gasteiger partial charge on any atom is -0.364 e. The highest BCUT2D eigenvalue weighted by molar-refractivity contribution is 5.95. The summed E-state index contributed by atoms with van der Waals surface area (Å²) in [5, 5.41) is 3.60. The van der Waals surface area contributed by atoms with Gasteiger partial charge < -0.3 is 10.3 Å². The van der Waals surface area contributed by atoms with Gasteiger partial charge in [-0.3, -0.25) is 4.79 Å². The van der Waals surface area contributed by atoms with Crippen molar-refractivity contribution in [1.82, 2.24) is 5.16 Å². The first kappa shape index (κ1) is 8.93. The molecule has 0 aliphatic rings. The van der Waals surface area contributed by atoms with Gasteiger partial charge in [0.1, 0.15) is 6.26 Å². The number of aryl methyl sites for hydroxylation is 1. The SMILES string of the molecule is Cc1conc1C(=O)CCCN. The first-order chi connectivity index (χ1) is 5.75. The van der Waals surface area contributed by atoms with Crippen LogP contribution in [0.25, 0.3) is 0 Å². The van der Waals surface area contributed by atoms with Crippen LogP contribution in [0.15, 0.2) is 10.8 Å². The molecule has 4 nitrogen and oxygen atoms in total. The maximum atomic E-state index is 11.3. The Morgan fingerprint density at radius 3 is 3.00 bits per heavy atom. The van der Waals surface area contributed by atoms with Crippen LogP contribution in [0.2, 0.25) is 0 Å². The summed E-state index contributed by atoms with van der Waals surface area (Å²) in [6.45, 7) is 2.33. The molecule has 0 bridgehead atoms. The van der Waals surface area contributed by atoms with Crippen molar-refractivity contribution in [2.45, 2.75) is 19.8 Å². The van der Waals surface area contributed by atoms with Crippen LogP contribution in [0, 0.1) is 6.92 Å². The molecule has 4 heteroatoms. The lowest BCUT2D eigenvalue weighted by Crippen LogP contribution is -2.06. The normalized spacial score (nSPS) is 10.2. The first-order valence-electron chi connectivity index (χ1n) is 3.90. The van der Waals surface area contributed by atoms with Crippen LogP contribution < -0.4 is 5.73 Å². The molecule has 0 spiro atoms. The quantitative estimate of drug-likeness (QED) is 0.678. The van der Waals surface area contributed by atoms with E-state index >= 15 is 0 Å². The van der Waals surface area contributed by atoms with Gasteiger partial charge in [0.15, 0.2) is 11.5 Å². The van der Waals surface area contributed by atoms with Crippen molar-refractivity contribution in [2.75, 3.05) is 6.54 Å². The van der Waals surface area contributed by atoms with Gasteiger partial charge in [0.2, 0.25) is 0 Å². The lowest BCUT2D eigenvalue weighted by molar-refractivity contribution is 0.0971. The number of Topliss-reactive ketones (excluding diaryl/α,β-unsaturated/α-hetero) is 1. The van der Waals surface area contributed by atoms with E-state index in [1.807, 2.05) is 0 Å². The van der Waals surface area contributed by atoms with Crippen LogP contribution in [-0.4, -0.2) is 17.5 Å². The second-order valence-corrected chi connectivity index (χ2v) is 2.66. The number of rotatable bonds is 4. The molecule has 12 heavy (non-hydrogen) atoms. The first-order valence-corrected chi connectivity index (χ1v) is 3.90. The van der Waals surface area contributed by atoms with Crippen molar-refractivity contribution >= 4 is 5.78 Å². The van der Waals surface area contributed by atoms with Gasteiger partial charge >= 0.3 is 0 Å². The molecule has 0 saturated carbocycles. The number of nitrogens with zero attached hydrogens (tertiary/aromatic N) is 1. The van der Waals surface area contributed by atoms with Gasteiger partial charge in [-0.15, -0.1) is 0 Å². The number of ketones is 1. The smallest absolute Gasteiger partial charge is 0.185 e. The average molecular weight is 168 g/mol. The van der Waals surface area contributed by atoms with Crippen LogP contribution in [0.5, 0.6) is 0 Å².